The van der Waals surface area contributed by atoms with Crippen molar-refractivity contribution in [3.63, 3.8) is 0 Å². The first-order chi connectivity index (χ1) is 29.4. The Morgan fingerprint density at radius 3 is 2.35 bits per heavy atom. The predicted octanol–water partition coefficient (Wildman–Crippen LogP) is 5.67. The van der Waals surface area contributed by atoms with Crippen LogP contribution in [0.3, 0.4) is 0 Å². The number of piperazine rings is 1. The molecule has 2 fully saturated rings. The summed E-state index contributed by atoms with van der Waals surface area (Å²) in [6.45, 7) is 4.19. The Morgan fingerprint density at radius 1 is 0.833 bits per heavy atom. The number of fused-ring (bicyclic) bond motifs is 2. The van der Waals surface area contributed by atoms with Gasteiger partial charge in [0.25, 0.3) is 11.8 Å². The summed E-state index contributed by atoms with van der Waals surface area (Å²) in [5, 5.41) is 17.3. The van der Waals surface area contributed by atoms with Crippen LogP contribution in [0, 0.1) is 0 Å². The van der Waals surface area contributed by atoms with E-state index in [4.69, 9.17) is 9.40 Å². The number of unbranched alkanes of at least 4 members (excludes halogenated alkanes) is 7. The van der Waals surface area contributed by atoms with Crippen molar-refractivity contribution in [1.82, 2.24) is 34.7 Å². The van der Waals surface area contributed by atoms with Crippen LogP contribution < -0.4 is 20.9 Å². The Balaban J connectivity index is 0.687. The summed E-state index contributed by atoms with van der Waals surface area (Å²) in [4.78, 5) is 73.4. The highest BCUT2D eigenvalue weighted by molar-refractivity contribution is 6.25. The van der Waals surface area contributed by atoms with Gasteiger partial charge in [-0.2, -0.15) is 0 Å². The van der Waals surface area contributed by atoms with Crippen LogP contribution in [0.1, 0.15) is 97.1 Å². The van der Waals surface area contributed by atoms with E-state index in [1.54, 1.807) is 37.0 Å². The molecular formula is C44H50N10O6. The molecular weight excluding hydrogens is 765 g/mol. The number of piperidine rings is 1. The molecule has 312 valence electrons. The fourth-order valence-corrected chi connectivity index (χ4v) is 8.29. The third-order valence-electron chi connectivity index (χ3n) is 11.6. The molecule has 16 nitrogen and oxygen atoms in total. The van der Waals surface area contributed by atoms with Gasteiger partial charge in [0.1, 0.15) is 29.6 Å². The van der Waals surface area contributed by atoms with E-state index >= 15 is 0 Å². The molecule has 3 aliphatic rings. The van der Waals surface area contributed by atoms with Crippen molar-refractivity contribution in [3.8, 4) is 11.3 Å². The molecule has 2 saturated heterocycles. The highest BCUT2D eigenvalue weighted by Gasteiger charge is 2.45. The van der Waals surface area contributed by atoms with Gasteiger partial charge in [-0.15, -0.1) is 10.2 Å². The van der Waals surface area contributed by atoms with Gasteiger partial charge in [-0.25, -0.2) is 4.98 Å². The van der Waals surface area contributed by atoms with Crippen LogP contribution in [-0.2, 0) is 20.9 Å². The highest BCUT2D eigenvalue weighted by atomic mass is 16.3. The summed E-state index contributed by atoms with van der Waals surface area (Å²) in [6, 6.07) is 16.2. The molecule has 5 amide bonds. The molecule has 16 heteroatoms. The average molecular weight is 815 g/mol. The fraction of sp³-hybridized carbons (Fsp3) is 0.409. The van der Waals surface area contributed by atoms with Gasteiger partial charge in [-0.1, -0.05) is 56.7 Å². The van der Waals surface area contributed by atoms with Crippen LogP contribution in [0.2, 0.25) is 0 Å². The summed E-state index contributed by atoms with van der Waals surface area (Å²) in [5.74, 6) is -0.180. The molecule has 0 bridgehead atoms. The van der Waals surface area contributed by atoms with Gasteiger partial charge < -0.3 is 24.9 Å². The van der Waals surface area contributed by atoms with E-state index in [1.165, 1.54) is 0 Å². The third-order valence-corrected chi connectivity index (χ3v) is 11.6. The van der Waals surface area contributed by atoms with E-state index in [0.717, 1.165) is 97.9 Å². The number of furan rings is 1. The second-order valence-corrected chi connectivity index (χ2v) is 15.5. The first kappa shape index (κ1) is 40.2. The molecule has 6 heterocycles. The molecule has 2 aromatic carbocycles. The zero-order chi connectivity index (χ0) is 41.4. The lowest BCUT2D eigenvalue weighted by atomic mass is 10.0. The number of benzene rings is 2. The molecule has 0 radical (unpaired) electrons. The van der Waals surface area contributed by atoms with Crippen molar-refractivity contribution >= 4 is 52.4 Å². The lowest BCUT2D eigenvalue weighted by molar-refractivity contribution is -0.136. The summed E-state index contributed by atoms with van der Waals surface area (Å²) in [5.41, 5.74) is 4.64. The standard InChI is InChI=1S/C44H50N10O6/c55-37-20-19-35(42(57)49-37)54-43(58)33-12-9-13-34(39(33)44(54)59)45-21-8-6-4-2-1-3-5-7-14-38(56)52-24-22-51(23-25-52)31-17-15-30(16-18-31)40-41-50-48-29-53(41)36(28-47-40)46-27-32-11-10-26-60-32/h9-13,15-18,26,28-29,35,45-46H,1-8,14,19-25,27H2,(H,49,55,57). The van der Waals surface area contributed by atoms with Crippen molar-refractivity contribution < 1.29 is 28.4 Å². The number of hydrogen-bond acceptors (Lipinski definition) is 12. The molecule has 3 N–H and O–H groups in total. The van der Waals surface area contributed by atoms with Crippen LogP contribution in [0.5, 0.6) is 0 Å². The molecule has 1 unspecified atom stereocenters. The first-order valence-corrected chi connectivity index (χ1v) is 21.0. The van der Waals surface area contributed by atoms with Crippen LogP contribution in [0.4, 0.5) is 17.2 Å². The van der Waals surface area contributed by atoms with Crippen molar-refractivity contribution in [2.24, 2.45) is 0 Å². The lowest BCUT2D eigenvalue weighted by Gasteiger charge is -2.36. The van der Waals surface area contributed by atoms with Crippen molar-refractivity contribution in [1.29, 1.82) is 0 Å². The summed E-state index contributed by atoms with van der Waals surface area (Å²) >= 11 is 0. The molecule has 1 atom stereocenters. The zero-order valence-corrected chi connectivity index (χ0v) is 33.6. The normalized spacial score (nSPS) is 16.7. The Labute approximate surface area is 347 Å². The Hall–Kier alpha value is -6.58. The maximum Gasteiger partial charge on any atom is 0.264 e. The second kappa shape index (κ2) is 18.6. The summed E-state index contributed by atoms with van der Waals surface area (Å²) in [7, 11) is 0. The van der Waals surface area contributed by atoms with Gasteiger partial charge in [-0.05, 0) is 55.7 Å². The molecule has 0 saturated carbocycles. The minimum atomic E-state index is -0.978. The van der Waals surface area contributed by atoms with Crippen LogP contribution >= 0.6 is 0 Å². The number of rotatable bonds is 18. The average Bonchev–Trinajstić information content (AvgIpc) is 4.03. The number of aromatic nitrogens is 4. The van der Waals surface area contributed by atoms with Crippen LogP contribution in [0.15, 0.2) is 77.8 Å². The Morgan fingerprint density at radius 2 is 1.60 bits per heavy atom. The van der Waals surface area contributed by atoms with Crippen molar-refractivity contribution in [2.45, 2.75) is 83.2 Å². The molecule has 5 aromatic rings. The minimum absolute atomic E-state index is 0.0888. The zero-order valence-electron chi connectivity index (χ0n) is 33.6. The molecule has 0 spiro atoms. The van der Waals surface area contributed by atoms with E-state index in [0.29, 0.717) is 43.9 Å². The number of anilines is 3. The number of nitrogens with zero attached hydrogens (tertiary/aromatic N) is 7. The highest BCUT2D eigenvalue weighted by Crippen LogP contribution is 2.33. The maximum atomic E-state index is 13.3. The number of nitrogens with one attached hydrogen (secondary N) is 3. The second-order valence-electron chi connectivity index (χ2n) is 15.5. The number of amides is 5. The van der Waals surface area contributed by atoms with Crippen LogP contribution in [0.25, 0.3) is 16.9 Å². The number of imide groups is 2. The van der Waals surface area contributed by atoms with Crippen molar-refractivity contribution in [2.75, 3.05) is 48.3 Å². The number of carbonyl (C=O) groups is 5. The Bertz CT molecular complexity index is 2330. The largest absolute Gasteiger partial charge is 0.467 e. The predicted molar refractivity (Wildman–Crippen MR) is 224 cm³/mol. The minimum Gasteiger partial charge on any atom is -0.467 e. The van der Waals surface area contributed by atoms with Gasteiger partial charge in [0.15, 0.2) is 5.65 Å². The smallest absolute Gasteiger partial charge is 0.264 e. The lowest BCUT2D eigenvalue weighted by Crippen LogP contribution is -2.54. The van der Waals surface area contributed by atoms with E-state index in [-0.39, 0.29) is 29.9 Å². The van der Waals surface area contributed by atoms with Gasteiger partial charge in [0, 0.05) is 62.5 Å². The molecule has 8 rings (SSSR count). The molecule has 3 aromatic heterocycles. The fourth-order valence-electron chi connectivity index (χ4n) is 8.29. The van der Waals surface area contributed by atoms with E-state index < -0.39 is 29.7 Å². The van der Waals surface area contributed by atoms with Crippen LogP contribution in [-0.4, -0.2) is 97.7 Å². The number of hydrogen-bond donors (Lipinski definition) is 3. The quantitative estimate of drug-likeness (QED) is 0.0728. The van der Waals surface area contributed by atoms with Crippen molar-refractivity contribution in [3.05, 3.63) is 90.3 Å². The summed E-state index contributed by atoms with van der Waals surface area (Å²) in [6.07, 6.45) is 14.3. The topological polar surface area (TPSA) is 187 Å². The maximum absolute atomic E-state index is 13.3. The Kier molecular flexibility index (Phi) is 12.4. The molecule has 60 heavy (non-hydrogen) atoms. The molecule has 3 aliphatic heterocycles. The van der Waals surface area contributed by atoms with Gasteiger partial charge in [0.2, 0.25) is 17.7 Å². The first-order valence-electron chi connectivity index (χ1n) is 21.0. The molecule has 0 aliphatic carbocycles. The number of carbonyl (C=O) groups excluding carboxylic acids is 5. The van der Waals surface area contributed by atoms with E-state index in [2.05, 4.69) is 55.3 Å². The SMILES string of the molecule is O=C1CCC(N2C(=O)c3cccc(NCCCCCCCCCCC(=O)N4CCN(c5ccc(-c6ncc(NCc7ccco7)n7cnnc67)cc5)CC4)c3C2=O)C(=O)N1. The summed E-state index contributed by atoms with van der Waals surface area (Å²) < 4.78 is 7.31. The van der Waals surface area contributed by atoms with E-state index in [9.17, 15) is 24.0 Å². The monoisotopic (exact) mass is 814 g/mol. The van der Waals surface area contributed by atoms with Gasteiger partial charge >= 0.3 is 0 Å². The van der Waals surface area contributed by atoms with Gasteiger partial charge in [0.05, 0.1) is 30.1 Å². The van der Waals surface area contributed by atoms with Gasteiger partial charge in [-0.3, -0.25) is 38.6 Å². The third kappa shape index (κ3) is 8.87. The van der Waals surface area contributed by atoms with E-state index in [1.807, 2.05) is 21.4 Å².